The maximum absolute atomic E-state index is 13.1. The summed E-state index contributed by atoms with van der Waals surface area (Å²) >= 11 is 12.3. The van der Waals surface area contributed by atoms with Gasteiger partial charge in [-0.1, -0.05) is 53.5 Å². The number of amides is 3. The molecule has 0 unspecified atom stereocenters. The first-order chi connectivity index (χ1) is 18.4. The van der Waals surface area contributed by atoms with E-state index < -0.39 is 11.8 Å². The number of nitrogens with zero attached hydrogens (tertiary/aromatic N) is 1. The van der Waals surface area contributed by atoms with Gasteiger partial charge in [0.2, 0.25) is 0 Å². The second-order valence-corrected chi connectivity index (χ2v) is 8.97. The van der Waals surface area contributed by atoms with Crippen LogP contribution in [-0.4, -0.2) is 17.7 Å². The van der Waals surface area contributed by atoms with E-state index in [4.69, 9.17) is 27.9 Å². The van der Waals surface area contributed by atoms with Gasteiger partial charge in [-0.05, 0) is 72.8 Å². The van der Waals surface area contributed by atoms with Crippen LogP contribution in [0.5, 0.6) is 11.5 Å². The van der Waals surface area contributed by atoms with Crippen molar-refractivity contribution in [3.63, 3.8) is 0 Å². The third-order valence-corrected chi connectivity index (χ3v) is 6.32. The molecule has 0 aliphatic carbocycles. The number of hydrogen-bond acceptors (Lipinski definition) is 5. The van der Waals surface area contributed by atoms with E-state index in [2.05, 4.69) is 10.6 Å². The van der Waals surface area contributed by atoms with Crippen molar-refractivity contribution >= 4 is 58.0 Å². The van der Waals surface area contributed by atoms with Crippen LogP contribution in [-0.2, 0) is 9.59 Å². The Morgan fingerprint density at radius 1 is 0.711 bits per heavy atom. The number of halogens is 2. The number of carbonyl (C=O) groups is 3. The Balaban J connectivity index is 1.26. The second kappa shape index (κ2) is 10.8. The average molecular weight is 544 g/mol. The highest BCUT2D eigenvalue weighted by molar-refractivity contribution is 6.53. The summed E-state index contributed by atoms with van der Waals surface area (Å²) in [6.07, 6.45) is 0. The summed E-state index contributed by atoms with van der Waals surface area (Å²) in [5.41, 5.74) is 1.63. The third-order valence-electron chi connectivity index (χ3n) is 5.64. The summed E-state index contributed by atoms with van der Waals surface area (Å²) in [7, 11) is 0. The summed E-state index contributed by atoms with van der Waals surface area (Å²) in [5, 5.41) is 5.83. The van der Waals surface area contributed by atoms with Gasteiger partial charge in [-0.25, -0.2) is 4.90 Å². The topological polar surface area (TPSA) is 87.7 Å². The van der Waals surface area contributed by atoms with Crippen molar-refractivity contribution in [3.8, 4) is 11.5 Å². The van der Waals surface area contributed by atoms with Gasteiger partial charge in [-0.2, -0.15) is 0 Å². The zero-order valence-electron chi connectivity index (χ0n) is 19.7. The third kappa shape index (κ3) is 5.25. The summed E-state index contributed by atoms with van der Waals surface area (Å²) in [6, 6.07) is 29.0. The number of imide groups is 1. The van der Waals surface area contributed by atoms with E-state index in [1.165, 1.54) is 0 Å². The van der Waals surface area contributed by atoms with Crippen LogP contribution >= 0.6 is 23.2 Å². The molecule has 0 spiro atoms. The first kappa shape index (κ1) is 25.1. The van der Waals surface area contributed by atoms with Gasteiger partial charge < -0.3 is 15.4 Å². The fourth-order valence-corrected chi connectivity index (χ4v) is 4.14. The van der Waals surface area contributed by atoms with Crippen LogP contribution in [0, 0.1) is 0 Å². The molecule has 5 rings (SSSR count). The molecule has 1 aliphatic rings. The molecular weight excluding hydrogens is 525 g/mol. The smallest absolute Gasteiger partial charge is 0.283 e. The van der Waals surface area contributed by atoms with E-state index in [0.717, 1.165) is 4.90 Å². The highest BCUT2D eigenvalue weighted by Crippen LogP contribution is 2.32. The number of hydrogen-bond donors (Lipinski definition) is 2. The van der Waals surface area contributed by atoms with Crippen molar-refractivity contribution in [2.24, 2.45) is 0 Å². The molecule has 0 saturated heterocycles. The Morgan fingerprint density at radius 2 is 1.34 bits per heavy atom. The minimum Gasteiger partial charge on any atom is -0.457 e. The van der Waals surface area contributed by atoms with Crippen LogP contribution in [0.3, 0.4) is 0 Å². The Bertz CT molecular complexity index is 1550. The lowest BCUT2D eigenvalue weighted by Crippen LogP contribution is -2.32. The number of carbonyl (C=O) groups excluding carboxylic acids is 3. The van der Waals surface area contributed by atoms with Gasteiger partial charge in [0.05, 0.1) is 16.4 Å². The maximum Gasteiger partial charge on any atom is 0.283 e. The van der Waals surface area contributed by atoms with Crippen LogP contribution in [0.15, 0.2) is 114 Å². The SMILES string of the molecule is O=C(Nc1ccccc1Cl)c1ccc(NC2=C(Cl)C(=O)N(c3ccc(Oc4ccccc4)cc3)C2=O)cc1. The van der Waals surface area contributed by atoms with Crippen molar-refractivity contribution in [3.05, 3.63) is 124 Å². The first-order valence-electron chi connectivity index (χ1n) is 11.5. The number of para-hydroxylation sites is 2. The number of benzene rings is 4. The fourth-order valence-electron chi connectivity index (χ4n) is 3.74. The van der Waals surface area contributed by atoms with Crippen LogP contribution in [0.25, 0.3) is 0 Å². The zero-order chi connectivity index (χ0) is 26.6. The molecule has 7 nitrogen and oxygen atoms in total. The zero-order valence-corrected chi connectivity index (χ0v) is 21.2. The minimum absolute atomic E-state index is 0.0606. The summed E-state index contributed by atoms with van der Waals surface area (Å²) in [4.78, 5) is 39.5. The molecule has 0 saturated carbocycles. The van der Waals surface area contributed by atoms with E-state index >= 15 is 0 Å². The molecule has 3 amide bonds. The van der Waals surface area contributed by atoms with Gasteiger partial charge in [0, 0.05) is 11.3 Å². The van der Waals surface area contributed by atoms with E-state index in [1.54, 1.807) is 72.8 Å². The average Bonchev–Trinajstić information content (AvgIpc) is 3.14. The lowest BCUT2D eigenvalue weighted by Gasteiger charge is -2.16. The van der Waals surface area contributed by atoms with Gasteiger partial charge in [0.25, 0.3) is 17.7 Å². The quantitative estimate of drug-likeness (QED) is 0.249. The number of ether oxygens (including phenoxy) is 1. The number of nitrogens with one attached hydrogen (secondary N) is 2. The second-order valence-electron chi connectivity index (χ2n) is 8.18. The molecule has 1 heterocycles. The Kier molecular flexibility index (Phi) is 7.13. The van der Waals surface area contributed by atoms with Crippen molar-refractivity contribution in [1.29, 1.82) is 0 Å². The largest absolute Gasteiger partial charge is 0.457 e. The van der Waals surface area contributed by atoms with E-state index in [9.17, 15) is 14.4 Å². The predicted octanol–water partition coefficient (Wildman–Crippen LogP) is 6.82. The summed E-state index contributed by atoms with van der Waals surface area (Å²) in [5.74, 6) is -0.379. The Morgan fingerprint density at radius 3 is 2.03 bits per heavy atom. The summed E-state index contributed by atoms with van der Waals surface area (Å²) < 4.78 is 5.76. The molecule has 38 heavy (non-hydrogen) atoms. The molecule has 0 atom stereocenters. The van der Waals surface area contributed by atoms with Gasteiger partial charge in [0.15, 0.2) is 0 Å². The first-order valence-corrected chi connectivity index (χ1v) is 12.2. The van der Waals surface area contributed by atoms with E-state index in [1.807, 2.05) is 30.3 Å². The van der Waals surface area contributed by atoms with Gasteiger partial charge >= 0.3 is 0 Å². The maximum atomic E-state index is 13.1. The molecule has 0 aromatic heterocycles. The highest BCUT2D eigenvalue weighted by Gasteiger charge is 2.39. The van der Waals surface area contributed by atoms with Crippen molar-refractivity contribution in [1.82, 2.24) is 0 Å². The number of rotatable bonds is 7. The molecule has 0 fully saturated rings. The highest BCUT2D eigenvalue weighted by atomic mass is 35.5. The van der Waals surface area contributed by atoms with Crippen molar-refractivity contribution < 1.29 is 19.1 Å². The van der Waals surface area contributed by atoms with Gasteiger partial charge in [-0.3, -0.25) is 14.4 Å². The van der Waals surface area contributed by atoms with Crippen LogP contribution in [0.4, 0.5) is 17.1 Å². The normalized spacial score (nSPS) is 13.1. The molecule has 4 aromatic carbocycles. The van der Waals surface area contributed by atoms with Gasteiger partial charge in [-0.15, -0.1) is 0 Å². The predicted molar refractivity (Wildman–Crippen MR) is 148 cm³/mol. The molecule has 188 valence electrons. The molecule has 0 radical (unpaired) electrons. The van der Waals surface area contributed by atoms with Crippen molar-refractivity contribution in [2.75, 3.05) is 15.5 Å². The molecule has 9 heteroatoms. The number of anilines is 3. The van der Waals surface area contributed by atoms with Crippen LogP contribution in [0.2, 0.25) is 5.02 Å². The Labute approximate surface area is 228 Å². The van der Waals surface area contributed by atoms with E-state index in [-0.39, 0.29) is 16.6 Å². The molecule has 1 aliphatic heterocycles. The lowest BCUT2D eigenvalue weighted by molar-refractivity contribution is -0.120. The summed E-state index contributed by atoms with van der Waals surface area (Å²) in [6.45, 7) is 0. The molecular formula is C29H19Cl2N3O4. The standard InChI is InChI=1S/C29H19Cl2N3O4/c30-23-8-4-5-9-24(23)33-27(35)18-10-12-19(13-11-18)32-26-25(31)28(36)34(29(26)37)20-14-16-22(17-15-20)38-21-6-2-1-3-7-21/h1-17,32H,(H,33,35). The minimum atomic E-state index is -0.647. The molecule has 0 bridgehead atoms. The van der Waals surface area contributed by atoms with Crippen LogP contribution < -0.4 is 20.3 Å². The van der Waals surface area contributed by atoms with Gasteiger partial charge in [0.1, 0.15) is 22.2 Å². The monoisotopic (exact) mass is 543 g/mol. The lowest BCUT2D eigenvalue weighted by atomic mass is 10.2. The van der Waals surface area contributed by atoms with Crippen molar-refractivity contribution in [2.45, 2.75) is 0 Å². The van der Waals surface area contributed by atoms with E-state index in [0.29, 0.717) is 39.1 Å². The molecule has 2 N–H and O–H groups in total. The van der Waals surface area contributed by atoms with Crippen LogP contribution in [0.1, 0.15) is 10.4 Å². The molecule has 4 aromatic rings. The Hall–Kier alpha value is -4.59. The fraction of sp³-hybridized carbons (Fsp3) is 0.